The predicted octanol–water partition coefficient (Wildman–Crippen LogP) is 4.43. The van der Waals surface area contributed by atoms with Crippen LogP contribution >= 0.6 is 11.3 Å². The predicted molar refractivity (Wildman–Crippen MR) is 88.7 cm³/mol. The summed E-state index contributed by atoms with van der Waals surface area (Å²) < 4.78 is 0. The van der Waals surface area contributed by atoms with Gasteiger partial charge in [-0.15, -0.1) is 11.3 Å². The van der Waals surface area contributed by atoms with Crippen molar-refractivity contribution in [2.45, 2.75) is 71.1 Å². The first-order valence-corrected chi connectivity index (χ1v) is 8.82. The second kappa shape index (κ2) is 10.4. The first-order valence-electron chi connectivity index (χ1n) is 8.01. The van der Waals surface area contributed by atoms with Crippen LogP contribution in [0.4, 0.5) is 0 Å². The van der Waals surface area contributed by atoms with Crippen LogP contribution in [0.1, 0.15) is 66.7 Å². The number of carboxylic acids is 2. The Morgan fingerprint density at radius 2 is 1.50 bits per heavy atom. The SMILES string of the molecule is Cc1cc(CCCCCCCC(=O)O)sc1CCCC(=O)O. The number of rotatable bonds is 12. The van der Waals surface area contributed by atoms with Gasteiger partial charge in [0.2, 0.25) is 0 Å². The molecule has 1 rings (SSSR count). The van der Waals surface area contributed by atoms with E-state index in [1.807, 2.05) is 11.3 Å². The largest absolute Gasteiger partial charge is 0.481 e. The lowest BCUT2D eigenvalue weighted by Gasteiger charge is -1.99. The second-order valence-corrected chi connectivity index (χ2v) is 6.95. The number of aryl methyl sites for hydroxylation is 3. The van der Waals surface area contributed by atoms with Crippen molar-refractivity contribution < 1.29 is 19.8 Å². The third-order valence-electron chi connectivity index (χ3n) is 3.68. The highest BCUT2D eigenvalue weighted by Crippen LogP contribution is 2.25. The maximum atomic E-state index is 10.5. The van der Waals surface area contributed by atoms with E-state index in [0.29, 0.717) is 6.42 Å². The van der Waals surface area contributed by atoms with Gasteiger partial charge in [0.15, 0.2) is 0 Å². The summed E-state index contributed by atoms with van der Waals surface area (Å²) in [5.41, 5.74) is 1.28. The Morgan fingerprint density at radius 1 is 0.909 bits per heavy atom. The average molecular weight is 326 g/mol. The molecule has 0 saturated heterocycles. The van der Waals surface area contributed by atoms with Crippen LogP contribution in [0.5, 0.6) is 0 Å². The van der Waals surface area contributed by atoms with E-state index in [9.17, 15) is 9.59 Å². The van der Waals surface area contributed by atoms with Crippen molar-refractivity contribution in [3.8, 4) is 0 Å². The molecule has 4 nitrogen and oxygen atoms in total. The fraction of sp³-hybridized carbons (Fsp3) is 0.647. The fourth-order valence-electron chi connectivity index (χ4n) is 2.47. The molecule has 1 aromatic rings. The molecule has 2 N–H and O–H groups in total. The first kappa shape index (κ1) is 18.7. The van der Waals surface area contributed by atoms with E-state index in [1.165, 1.54) is 15.3 Å². The summed E-state index contributed by atoms with van der Waals surface area (Å²) in [4.78, 5) is 23.6. The van der Waals surface area contributed by atoms with E-state index in [0.717, 1.165) is 44.9 Å². The molecule has 22 heavy (non-hydrogen) atoms. The monoisotopic (exact) mass is 326 g/mol. The molecule has 0 atom stereocenters. The number of carboxylic acid groups (broad SMARTS) is 2. The molecule has 0 aliphatic heterocycles. The molecule has 0 aliphatic carbocycles. The minimum absolute atomic E-state index is 0.239. The van der Waals surface area contributed by atoms with Gasteiger partial charge in [-0.1, -0.05) is 19.3 Å². The van der Waals surface area contributed by atoms with Gasteiger partial charge in [-0.2, -0.15) is 0 Å². The second-order valence-electron chi connectivity index (χ2n) is 5.73. The Balaban J connectivity index is 2.18. The van der Waals surface area contributed by atoms with Gasteiger partial charge in [0.1, 0.15) is 0 Å². The highest BCUT2D eigenvalue weighted by atomic mass is 32.1. The van der Waals surface area contributed by atoms with E-state index in [1.54, 1.807) is 0 Å². The topological polar surface area (TPSA) is 74.6 Å². The van der Waals surface area contributed by atoms with Gasteiger partial charge in [-0.05, 0) is 50.7 Å². The molecule has 0 fully saturated rings. The number of carbonyl (C=O) groups is 2. The third-order valence-corrected chi connectivity index (χ3v) is 5.04. The number of hydrogen-bond acceptors (Lipinski definition) is 3. The lowest BCUT2D eigenvalue weighted by atomic mass is 10.1. The zero-order chi connectivity index (χ0) is 16.4. The van der Waals surface area contributed by atoms with Gasteiger partial charge in [0, 0.05) is 22.6 Å². The van der Waals surface area contributed by atoms with E-state index in [4.69, 9.17) is 10.2 Å². The molecule has 0 radical (unpaired) electrons. The lowest BCUT2D eigenvalue weighted by Crippen LogP contribution is -1.95. The minimum atomic E-state index is -0.725. The number of thiophene rings is 1. The minimum Gasteiger partial charge on any atom is -0.481 e. The van der Waals surface area contributed by atoms with Crippen LogP contribution in [-0.4, -0.2) is 22.2 Å². The Kier molecular flexibility index (Phi) is 8.82. The van der Waals surface area contributed by atoms with Gasteiger partial charge in [0.25, 0.3) is 0 Å². The Bertz CT molecular complexity index is 479. The van der Waals surface area contributed by atoms with Crippen molar-refractivity contribution in [1.29, 1.82) is 0 Å². The molecule has 0 saturated carbocycles. The van der Waals surface area contributed by atoms with E-state index in [2.05, 4.69) is 13.0 Å². The molecule has 0 unspecified atom stereocenters. The number of unbranched alkanes of at least 4 members (excludes halogenated alkanes) is 4. The van der Waals surface area contributed by atoms with Gasteiger partial charge >= 0.3 is 11.9 Å². The normalized spacial score (nSPS) is 10.8. The van der Waals surface area contributed by atoms with Crippen LogP contribution in [0, 0.1) is 6.92 Å². The first-order chi connectivity index (χ1) is 10.5. The standard InChI is InChI=1S/C17H26O4S/c1-13-12-14(22-15(13)9-7-11-17(20)21)8-5-3-2-4-6-10-16(18)19/h12H,2-11H2,1H3,(H,18,19)(H,20,21). The van der Waals surface area contributed by atoms with Gasteiger partial charge in [-0.3, -0.25) is 9.59 Å². The van der Waals surface area contributed by atoms with Crippen LogP contribution in [0.25, 0.3) is 0 Å². The van der Waals surface area contributed by atoms with E-state index < -0.39 is 11.9 Å². The summed E-state index contributed by atoms with van der Waals surface area (Å²) in [5.74, 6) is -1.43. The molecule has 0 spiro atoms. The fourth-order valence-corrected chi connectivity index (χ4v) is 3.73. The van der Waals surface area contributed by atoms with Crippen molar-refractivity contribution in [3.63, 3.8) is 0 Å². The quantitative estimate of drug-likeness (QED) is 0.557. The van der Waals surface area contributed by atoms with E-state index >= 15 is 0 Å². The summed E-state index contributed by atoms with van der Waals surface area (Å²) >= 11 is 1.81. The van der Waals surface area contributed by atoms with Gasteiger partial charge in [0.05, 0.1) is 0 Å². The highest BCUT2D eigenvalue weighted by molar-refractivity contribution is 7.12. The maximum Gasteiger partial charge on any atom is 0.303 e. The van der Waals surface area contributed by atoms with Crippen molar-refractivity contribution >= 4 is 23.3 Å². The van der Waals surface area contributed by atoms with Crippen LogP contribution in [0.15, 0.2) is 6.07 Å². The Hall–Kier alpha value is -1.36. The summed E-state index contributed by atoms with van der Waals surface area (Å²) in [5, 5.41) is 17.2. The molecular weight excluding hydrogens is 300 g/mol. The van der Waals surface area contributed by atoms with Crippen LogP contribution in [0.2, 0.25) is 0 Å². The average Bonchev–Trinajstić information content (AvgIpc) is 2.77. The zero-order valence-corrected chi connectivity index (χ0v) is 14.1. The molecule has 5 heteroatoms. The molecule has 0 bridgehead atoms. The lowest BCUT2D eigenvalue weighted by molar-refractivity contribution is -0.138. The molecule has 1 aromatic heterocycles. The molecule has 0 amide bonds. The van der Waals surface area contributed by atoms with Gasteiger partial charge in [-0.25, -0.2) is 0 Å². The molecule has 124 valence electrons. The number of aliphatic carboxylic acids is 2. The van der Waals surface area contributed by atoms with E-state index in [-0.39, 0.29) is 12.8 Å². The molecule has 1 heterocycles. The molecular formula is C17H26O4S. The van der Waals surface area contributed by atoms with Crippen LogP contribution in [-0.2, 0) is 22.4 Å². The third kappa shape index (κ3) is 8.17. The summed E-state index contributed by atoms with van der Waals surface area (Å²) in [6.07, 6.45) is 8.32. The zero-order valence-electron chi connectivity index (χ0n) is 13.3. The summed E-state index contributed by atoms with van der Waals surface area (Å²) in [6, 6.07) is 2.23. The maximum absolute atomic E-state index is 10.5. The Labute approximate surface area is 136 Å². The van der Waals surface area contributed by atoms with Crippen molar-refractivity contribution in [3.05, 3.63) is 21.4 Å². The molecule has 0 aliphatic rings. The number of hydrogen-bond donors (Lipinski definition) is 2. The van der Waals surface area contributed by atoms with Crippen LogP contribution < -0.4 is 0 Å². The smallest absolute Gasteiger partial charge is 0.303 e. The summed E-state index contributed by atoms with van der Waals surface area (Å²) in [6.45, 7) is 2.10. The highest BCUT2D eigenvalue weighted by Gasteiger charge is 2.07. The molecule has 0 aromatic carbocycles. The van der Waals surface area contributed by atoms with Crippen LogP contribution in [0.3, 0.4) is 0 Å². The van der Waals surface area contributed by atoms with Gasteiger partial charge < -0.3 is 10.2 Å². The van der Waals surface area contributed by atoms with Crippen molar-refractivity contribution in [1.82, 2.24) is 0 Å². The van der Waals surface area contributed by atoms with Crippen molar-refractivity contribution in [2.75, 3.05) is 0 Å². The Morgan fingerprint density at radius 3 is 2.18 bits per heavy atom. The van der Waals surface area contributed by atoms with Crippen molar-refractivity contribution in [2.24, 2.45) is 0 Å². The summed E-state index contributed by atoms with van der Waals surface area (Å²) in [7, 11) is 0.